The Morgan fingerprint density at radius 1 is 1.12 bits per heavy atom. The van der Waals surface area contributed by atoms with Crippen molar-refractivity contribution in [1.29, 1.82) is 0 Å². The molecule has 0 N–H and O–H groups in total. The number of nitrogens with zero attached hydrogens (tertiary/aromatic N) is 4. The molecule has 132 valence electrons. The third-order valence-corrected chi connectivity index (χ3v) is 5.45. The minimum atomic E-state index is 0.292. The zero-order valence-electron chi connectivity index (χ0n) is 14.9. The van der Waals surface area contributed by atoms with Crippen LogP contribution in [0.5, 0.6) is 0 Å². The molecular formula is C19H30N4O. The molecule has 1 aromatic heterocycles. The lowest BCUT2D eigenvalue weighted by Crippen LogP contribution is -2.50. The summed E-state index contributed by atoms with van der Waals surface area (Å²) in [7, 11) is 2.00. The van der Waals surface area contributed by atoms with Gasteiger partial charge in [0.25, 0.3) is 0 Å². The Hall–Kier alpha value is -1.46. The highest BCUT2D eigenvalue weighted by Crippen LogP contribution is 2.21. The van der Waals surface area contributed by atoms with Gasteiger partial charge < -0.3 is 4.90 Å². The Balaban J connectivity index is 1.40. The predicted octanol–water partition coefficient (Wildman–Crippen LogP) is 1.99. The molecule has 1 amide bonds. The fourth-order valence-corrected chi connectivity index (χ4v) is 3.80. The van der Waals surface area contributed by atoms with Gasteiger partial charge in [-0.3, -0.25) is 19.6 Å². The molecule has 5 nitrogen and oxygen atoms in total. The first-order chi connectivity index (χ1) is 11.7. The summed E-state index contributed by atoms with van der Waals surface area (Å²) in [6.45, 7) is 5.44. The van der Waals surface area contributed by atoms with E-state index in [1.54, 1.807) is 0 Å². The Labute approximate surface area is 145 Å². The highest BCUT2D eigenvalue weighted by atomic mass is 16.2. The van der Waals surface area contributed by atoms with Crippen molar-refractivity contribution in [2.24, 2.45) is 0 Å². The third kappa shape index (κ3) is 4.77. The molecule has 1 saturated heterocycles. The number of pyridine rings is 1. The number of hydrogen-bond acceptors (Lipinski definition) is 4. The van der Waals surface area contributed by atoms with E-state index in [2.05, 4.69) is 20.9 Å². The number of hydrogen-bond donors (Lipinski definition) is 0. The molecule has 5 heteroatoms. The fraction of sp³-hybridized carbons (Fsp3) is 0.684. The highest BCUT2D eigenvalue weighted by Gasteiger charge is 2.25. The predicted molar refractivity (Wildman–Crippen MR) is 95.6 cm³/mol. The van der Waals surface area contributed by atoms with Crippen molar-refractivity contribution >= 4 is 5.91 Å². The minimum Gasteiger partial charge on any atom is -0.342 e. The van der Waals surface area contributed by atoms with Gasteiger partial charge in [-0.05, 0) is 25.0 Å². The van der Waals surface area contributed by atoms with E-state index in [1.165, 1.54) is 32.1 Å². The molecule has 0 radical (unpaired) electrons. The lowest BCUT2D eigenvalue weighted by molar-refractivity contribution is -0.134. The summed E-state index contributed by atoms with van der Waals surface area (Å²) in [6.07, 6.45) is 8.09. The molecule has 1 saturated carbocycles. The smallest absolute Gasteiger partial charge is 0.236 e. The summed E-state index contributed by atoms with van der Waals surface area (Å²) in [5.74, 6) is 0.292. The summed E-state index contributed by atoms with van der Waals surface area (Å²) in [6, 6.07) is 6.54. The van der Waals surface area contributed by atoms with E-state index in [-0.39, 0.29) is 0 Å². The number of piperazine rings is 1. The maximum Gasteiger partial charge on any atom is 0.236 e. The quantitative estimate of drug-likeness (QED) is 0.828. The Morgan fingerprint density at radius 2 is 1.83 bits per heavy atom. The van der Waals surface area contributed by atoms with Crippen molar-refractivity contribution in [1.82, 2.24) is 19.7 Å². The molecule has 2 heterocycles. The average Bonchev–Trinajstić information content (AvgIpc) is 2.64. The summed E-state index contributed by atoms with van der Waals surface area (Å²) in [5.41, 5.74) is 1.12. The van der Waals surface area contributed by atoms with Crippen molar-refractivity contribution in [2.45, 2.75) is 44.7 Å². The van der Waals surface area contributed by atoms with Crippen LogP contribution < -0.4 is 0 Å². The zero-order chi connectivity index (χ0) is 16.8. The monoisotopic (exact) mass is 330 g/mol. The highest BCUT2D eigenvalue weighted by molar-refractivity contribution is 5.78. The van der Waals surface area contributed by atoms with Gasteiger partial charge >= 0.3 is 0 Å². The number of rotatable bonds is 5. The number of carbonyl (C=O) groups is 1. The van der Waals surface area contributed by atoms with Crippen LogP contribution in [0.15, 0.2) is 24.4 Å². The molecule has 0 spiro atoms. The van der Waals surface area contributed by atoms with Gasteiger partial charge in [0.1, 0.15) is 0 Å². The summed E-state index contributed by atoms with van der Waals surface area (Å²) in [4.78, 5) is 23.7. The van der Waals surface area contributed by atoms with Gasteiger partial charge in [0.2, 0.25) is 5.91 Å². The van der Waals surface area contributed by atoms with Crippen molar-refractivity contribution in [3.8, 4) is 0 Å². The number of carbonyl (C=O) groups excluding carboxylic acids is 1. The van der Waals surface area contributed by atoms with Crippen LogP contribution >= 0.6 is 0 Å². The normalized spacial score (nSPS) is 20.9. The first kappa shape index (κ1) is 17.4. The molecule has 3 rings (SSSR count). The lowest BCUT2D eigenvalue weighted by atomic mass is 9.94. The van der Waals surface area contributed by atoms with Crippen molar-refractivity contribution < 1.29 is 4.79 Å². The molecule has 1 aliphatic heterocycles. The van der Waals surface area contributed by atoms with E-state index < -0.39 is 0 Å². The summed E-state index contributed by atoms with van der Waals surface area (Å²) >= 11 is 0. The maximum atomic E-state index is 12.5. The summed E-state index contributed by atoms with van der Waals surface area (Å²) < 4.78 is 0. The van der Waals surface area contributed by atoms with Gasteiger partial charge in [-0.1, -0.05) is 25.3 Å². The number of amides is 1. The standard InChI is InChI=1S/C19H30N4O/c1-21(18-8-3-2-4-9-18)19(24)16-23-13-11-22(12-14-23)15-17-7-5-6-10-20-17/h5-7,10,18H,2-4,8-9,11-16H2,1H3. The van der Waals surface area contributed by atoms with Crippen LogP contribution in [-0.4, -0.2) is 71.4 Å². The van der Waals surface area contributed by atoms with Crippen LogP contribution in [-0.2, 0) is 11.3 Å². The third-order valence-electron chi connectivity index (χ3n) is 5.45. The molecule has 24 heavy (non-hydrogen) atoms. The van der Waals surface area contributed by atoms with Crippen LogP contribution in [0.3, 0.4) is 0 Å². The van der Waals surface area contributed by atoms with Crippen LogP contribution in [0.4, 0.5) is 0 Å². The average molecular weight is 330 g/mol. The molecule has 2 fully saturated rings. The lowest BCUT2D eigenvalue weighted by Gasteiger charge is -2.36. The molecule has 0 bridgehead atoms. The largest absolute Gasteiger partial charge is 0.342 e. The van der Waals surface area contributed by atoms with Crippen molar-refractivity contribution in [3.63, 3.8) is 0 Å². The second kappa shape index (κ2) is 8.58. The van der Waals surface area contributed by atoms with Crippen molar-refractivity contribution in [3.05, 3.63) is 30.1 Å². The van der Waals surface area contributed by atoms with Gasteiger partial charge in [0, 0.05) is 52.0 Å². The van der Waals surface area contributed by atoms with Crippen molar-refractivity contribution in [2.75, 3.05) is 39.8 Å². The van der Waals surface area contributed by atoms with E-state index in [0.717, 1.165) is 38.4 Å². The van der Waals surface area contributed by atoms with E-state index in [4.69, 9.17) is 0 Å². The van der Waals surface area contributed by atoms with Gasteiger partial charge in [-0.15, -0.1) is 0 Å². The SMILES string of the molecule is CN(C(=O)CN1CCN(Cc2ccccn2)CC1)C1CCCCC1. The van der Waals surface area contributed by atoms with Gasteiger partial charge in [-0.2, -0.15) is 0 Å². The fourth-order valence-electron chi connectivity index (χ4n) is 3.80. The molecule has 2 aliphatic rings. The Kier molecular flexibility index (Phi) is 6.21. The van der Waals surface area contributed by atoms with Crippen LogP contribution in [0.1, 0.15) is 37.8 Å². The van der Waals surface area contributed by atoms with Gasteiger partial charge in [0.15, 0.2) is 0 Å². The zero-order valence-corrected chi connectivity index (χ0v) is 14.9. The second-order valence-electron chi connectivity index (χ2n) is 7.17. The van der Waals surface area contributed by atoms with Crippen LogP contribution in [0, 0.1) is 0 Å². The minimum absolute atomic E-state index is 0.292. The van der Waals surface area contributed by atoms with E-state index in [0.29, 0.717) is 18.5 Å². The van der Waals surface area contributed by atoms with E-state index in [9.17, 15) is 4.79 Å². The van der Waals surface area contributed by atoms with Crippen LogP contribution in [0.25, 0.3) is 0 Å². The molecule has 1 aliphatic carbocycles. The first-order valence-electron chi connectivity index (χ1n) is 9.32. The second-order valence-corrected chi connectivity index (χ2v) is 7.17. The Bertz CT molecular complexity index is 507. The molecular weight excluding hydrogens is 300 g/mol. The Morgan fingerprint density at radius 3 is 2.50 bits per heavy atom. The number of aromatic nitrogens is 1. The maximum absolute atomic E-state index is 12.5. The summed E-state index contributed by atoms with van der Waals surface area (Å²) in [5, 5.41) is 0. The first-order valence-corrected chi connectivity index (χ1v) is 9.32. The van der Waals surface area contributed by atoms with Gasteiger partial charge in [0.05, 0.1) is 12.2 Å². The topological polar surface area (TPSA) is 39.7 Å². The van der Waals surface area contributed by atoms with E-state index >= 15 is 0 Å². The molecule has 0 atom stereocenters. The van der Waals surface area contributed by atoms with Crippen LogP contribution in [0.2, 0.25) is 0 Å². The van der Waals surface area contributed by atoms with E-state index in [1.807, 2.05) is 30.3 Å². The molecule has 0 unspecified atom stereocenters. The molecule has 1 aromatic rings. The molecule has 0 aromatic carbocycles. The van der Waals surface area contributed by atoms with Gasteiger partial charge in [-0.25, -0.2) is 0 Å². The number of likely N-dealkylation sites (N-methyl/N-ethyl adjacent to an activating group) is 1.